The molecule has 30 heavy (non-hydrogen) atoms. The summed E-state index contributed by atoms with van der Waals surface area (Å²) in [6, 6.07) is 16.0. The third-order valence-corrected chi connectivity index (χ3v) is 7.99. The number of fused-ring (bicyclic) bond motifs is 1. The van der Waals surface area contributed by atoms with Crippen LogP contribution < -0.4 is 5.32 Å². The molecule has 0 aliphatic carbocycles. The highest BCUT2D eigenvalue weighted by molar-refractivity contribution is 7.99. The number of hydrogen-bond acceptors (Lipinski definition) is 5. The van der Waals surface area contributed by atoms with E-state index in [1.807, 2.05) is 36.4 Å². The van der Waals surface area contributed by atoms with Crippen molar-refractivity contribution in [2.24, 2.45) is 0 Å². The number of amides is 1. The topological polar surface area (TPSA) is 79.4 Å². The average molecular weight is 462 g/mol. The molecule has 156 valence electrons. The van der Waals surface area contributed by atoms with Crippen molar-refractivity contribution in [2.45, 2.75) is 22.8 Å². The number of para-hydroxylation sites is 1. The summed E-state index contributed by atoms with van der Waals surface area (Å²) in [6.45, 7) is 1.03. The number of aromatic nitrogens is 1. The number of sulfonamides is 1. The molecule has 6 nitrogen and oxygen atoms in total. The maximum Gasteiger partial charge on any atom is 0.243 e. The van der Waals surface area contributed by atoms with Crippen LogP contribution in [0, 0.1) is 0 Å². The third kappa shape index (κ3) is 4.62. The molecule has 0 saturated carbocycles. The summed E-state index contributed by atoms with van der Waals surface area (Å²) in [5, 5.41) is 4.78. The summed E-state index contributed by atoms with van der Waals surface area (Å²) >= 11 is 7.50. The molecule has 1 aliphatic rings. The van der Waals surface area contributed by atoms with Crippen LogP contribution >= 0.6 is 23.4 Å². The van der Waals surface area contributed by atoms with Crippen LogP contribution in [0.2, 0.25) is 5.02 Å². The Labute approximate surface area is 184 Å². The van der Waals surface area contributed by atoms with E-state index < -0.39 is 10.0 Å². The lowest BCUT2D eigenvalue weighted by atomic mass is 10.2. The van der Waals surface area contributed by atoms with E-state index in [0.29, 0.717) is 13.1 Å². The SMILES string of the molecule is O=C(CSc1ccc2ccccc2n1)Nc1cc(S(=O)(=O)N2CCCC2)ccc1Cl. The molecule has 1 saturated heterocycles. The fourth-order valence-electron chi connectivity index (χ4n) is 3.29. The average Bonchev–Trinajstić information content (AvgIpc) is 3.29. The number of nitrogens with zero attached hydrogens (tertiary/aromatic N) is 2. The molecule has 0 unspecified atom stereocenters. The minimum Gasteiger partial charge on any atom is -0.324 e. The number of thioether (sulfide) groups is 1. The molecule has 3 aromatic rings. The van der Waals surface area contributed by atoms with Crippen molar-refractivity contribution >= 4 is 55.9 Å². The molecular weight excluding hydrogens is 442 g/mol. The highest BCUT2D eigenvalue weighted by Gasteiger charge is 2.27. The van der Waals surface area contributed by atoms with Gasteiger partial charge in [-0.05, 0) is 43.2 Å². The van der Waals surface area contributed by atoms with Gasteiger partial charge < -0.3 is 5.32 Å². The van der Waals surface area contributed by atoms with Crippen molar-refractivity contribution < 1.29 is 13.2 Å². The zero-order valence-corrected chi connectivity index (χ0v) is 18.4. The smallest absolute Gasteiger partial charge is 0.243 e. The number of nitrogens with one attached hydrogen (secondary N) is 1. The predicted molar refractivity (Wildman–Crippen MR) is 121 cm³/mol. The van der Waals surface area contributed by atoms with Crippen LogP contribution in [-0.4, -0.2) is 42.5 Å². The third-order valence-electron chi connectivity index (χ3n) is 4.84. The van der Waals surface area contributed by atoms with Crippen molar-refractivity contribution in [3.05, 3.63) is 59.6 Å². The van der Waals surface area contributed by atoms with Gasteiger partial charge in [-0.3, -0.25) is 4.79 Å². The molecule has 0 atom stereocenters. The lowest BCUT2D eigenvalue weighted by molar-refractivity contribution is -0.113. The molecule has 1 N–H and O–H groups in total. The normalized spacial score (nSPS) is 14.8. The summed E-state index contributed by atoms with van der Waals surface area (Å²) in [6.07, 6.45) is 1.72. The van der Waals surface area contributed by atoms with Crippen LogP contribution in [0.1, 0.15) is 12.8 Å². The van der Waals surface area contributed by atoms with E-state index in [9.17, 15) is 13.2 Å². The fraction of sp³-hybridized carbons (Fsp3) is 0.238. The summed E-state index contributed by atoms with van der Waals surface area (Å²) < 4.78 is 27.0. The first-order valence-corrected chi connectivity index (χ1v) is 12.3. The number of pyridine rings is 1. The first-order chi connectivity index (χ1) is 14.4. The molecule has 0 spiro atoms. The summed E-state index contributed by atoms with van der Waals surface area (Å²) in [4.78, 5) is 17.1. The molecular formula is C21H20ClN3O3S2. The molecule has 0 bridgehead atoms. The number of anilines is 1. The quantitative estimate of drug-likeness (QED) is 0.550. The largest absolute Gasteiger partial charge is 0.324 e. The van der Waals surface area contributed by atoms with E-state index in [1.165, 1.54) is 34.3 Å². The number of halogens is 1. The lowest BCUT2D eigenvalue weighted by Gasteiger charge is -2.16. The maximum atomic E-state index is 12.8. The van der Waals surface area contributed by atoms with Gasteiger partial charge in [0.25, 0.3) is 0 Å². The molecule has 2 heterocycles. The number of rotatable bonds is 6. The number of carbonyl (C=O) groups excluding carboxylic acids is 1. The van der Waals surface area contributed by atoms with E-state index in [4.69, 9.17) is 11.6 Å². The Hall–Kier alpha value is -2.13. The van der Waals surface area contributed by atoms with Gasteiger partial charge in [0.05, 0.1) is 31.9 Å². The second kappa shape index (κ2) is 8.93. The van der Waals surface area contributed by atoms with E-state index >= 15 is 0 Å². The molecule has 9 heteroatoms. The Kier molecular flexibility index (Phi) is 6.29. The monoisotopic (exact) mass is 461 g/mol. The van der Waals surface area contributed by atoms with Crippen LogP contribution in [0.15, 0.2) is 64.5 Å². The zero-order valence-electron chi connectivity index (χ0n) is 16.0. The summed E-state index contributed by atoms with van der Waals surface area (Å²) in [5.41, 5.74) is 1.15. The summed E-state index contributed by atoms with van der Waals surface area (Å²) in [7, 11) is -3.58. The Bertz CT molecular complexity index is 1200. The molecule has 1 aliphatic heterocycles. The first kappa shape index (κ1) is 21.1. The summed E-state index contributed by atoms with van der Waals surface area (Å²) in [5.74, 6) is -0.155. The van der Waals surface area contributed by atoms with Crippen molar-refractivity contribution in [1.29, 1.82) is 0 Å². The second-order valence-corrected chi connectivity index (χ2v) is 10.3. The first-order valence-electron chi connectivity index (χ1n) is 9.52. The van der Waals surface area contributed by atoms with Crippen molar-refractivity contribution in [3.8, 4) is 0 Å². The van der Waals surface area contributed by atoms with E-state index in [2.05, 4.69) is 10.3 Å². The van der Waals surface area contributed by atoms with Crippen LogP contribution in [0.5, 0.6) is 0 Å². The Morgan fingerprint density at radius 2 is 1.87 bits per heavy atom. The van der Waals surface area contributed by atoms with Gasteiger partial charge in [-0.1, -0.05) is 47.6 Å². The van der Waals surface area contributed by atoms with Crippen molar-refractivity contribution in [1.82, 2.24) is 9.29 Å². The van der Waals surface area contributed by atoms with Gasteiger partial charge in [0, 0.05) is 18.5 Å². The number of hydrogen-bond donors (Lipinski definition) is 1. The van der Waals surface area contributed by atoms with Gasteiger partial charge in [-0.25, -0.2) is 13.4 Å². The predicted octanol–water partition coefficient (Wildman–Crippen LogP) is 4.40. The van der Waals surface area contributed by atoms with Crippen LogP contribution in [0.4, 0.5) is 5.69 Å². The van der Waals surface area contributed by atoms with Crippen molar-refractivity contribution in [2.75, 3.05) is 24.2 Å². The molecule has 2 aromatic carbocycles. The minimum atomic E-state index is -3.58. The van der Waals surface area contributed by atoms with Gasteiger partial charge >= 0.3 is 0 Å². The fourth-order valence-corrected chi connectivity index (χ4v) is 5.68. The number of carbonyl (C=O) groups is 1. The van der Waals surface area contributed by atoms with E-state index in [-0.39, 0.29) is 27.3 Å². The molecule has 4 rings (SSSR count). The zero-order chi connectivity index (χ0) is 21.1. The van der Waals surface area contributed by atoms with Crippen LogP contribution in [0.25, 0.3) is 10.9 Å². The highest BCUT2D eigenvalue weighted by Crippen LogP contribution is 2.29. The van der Waals surface area contributed by atoms with Crippen LogP contribution in [-0.2, 0) is 14.8 Å². The number of benzene rings is 2. The van der Waals surface area contributed by atoms with E-state index in [1.54, 1.807) is 0 Å². The van der Waals surface area contributed by atoms with Gasteiger partial charge in [-0.15, -0.1) is 0 Å². The lowest BCUT2D eigenvalue weighted by Crippen LogP contribution is -2.28. The Morgan fingerprint density at radius 1 is 1.10 bits per heavy atom. The van der Waals surface area contributed by atoms with Crippen molar-refractivity contribution in [3.63, 3.8) is 0 Å². The van der Waals surface area contributed by atoms with Gasteiger partial charge in [-0.2, -0.15) is 4.31 Å². The van der Waals surface area contributed by atoms with Gasteiger partial charge in [0.1, 0.15) is 0 Å². The minimum absolute atomic E-state index is 0.130. The standard InChI is InChI=1S/C21H20ClN3O3S2/c22-17-9-8-16(30(27,28)25-11-3-4-12-25)13-19(17)23-20(26)14-29-21-10-7-15-5-1-2-6-18(15)24-21/h1-2,5-10,13H,3-4,11-12,14H2,(H,23,26). The second-order valence-electron chi connectivity index (χ2n) is 6.93. The van der Waals surface area contributed by atoms with Gasteiger partial charge in [0.15, 0.2) is 0 Å². The molecule has 1 aromatic heterocycles. The Balaban J connectivity index is 1.44. The molecule has 1 amide bonds. The van der Waals surface area contributed by atoms with Crippen LogP contribution in [0.3, 0.4) is 0 Å². The van der Waals surface area contributed by atoms with Gasteiger partial charge in [0.2, 0.25) is 15.9 Å². The maximum absolute atomic E-state index is 12.8. The molecule has 0 radical (unpaired) electrons. The highest BCUT2D eigenvalue weighted by atomic mass is 35.5. The Morgan fingerprint density at radius 3 is 2.67 bits per heavy atom. The van der Waals surface area contributed by atoms with E-state index in [0.717, 1.165) is 28.8 Å². The molecule has 1 fully saturated rings.